The van der Waals surface area contributed by atoms with Crippen molar-refractivity contribution >= 4 is 15.9 Å². The number of aromatic nitrogens is 3. The predicted molar refractivity (Wildman–Crippen MR) is 78.0 cm³/mol. The van der Waals surface area contributed by atoms with Gasteiger partial charge in [0.2, 0.25) is 0 Å². The van der Waals surface area contributed by atoms with Crippen molar-refractivity contribution in [3.63, 3.8) is 0 Å². The topological polar surface area (TPSA) is 30.7 Å². The summed E-state index contributed by atoms with van der Waals surface area (Å²) in [5, 5.41) is 9.35. The standard InChI is InChI=1S/C14H18BrN3/c1-5-18-12(8-15)16-17-14(18)13-10(3)6-9(2)7-11(13)4/h6-7H,5,8H2,1-4H3. The molecule has 1 heterocycles. The van der Waals surface area contributed by atoms with Crippen LogP contribution in [0.25, 0.3) is 11.4 Å². The number of rotatable bonds is 3. The average molecular weight is 308 g/mol. The number of aryl methyl sites for hydroxylation is 3. The van der Waals surface area contributed by atoms with Gasteiger partial charge < -0.3 is 4.57 Å². The smallest absolute Gasteiger partial charge is 0.164 e. The molecule has 0 fully saturated rings. The summed E-state index contributed by atoms with van der Waals surface area (Å²) in [5.41, 5.74) is 5.02. The third-order valence-electron chi connectivity index (χ3n) is 3.16. The maximum atomic E-state index is 4.36. The van der Waals surface area contributed by atoms with Crippen LogP contribution in [0.4, 0.5) is 0 Å². The maximum absolute atomic E-state index is 4.36. The molecule has 0 aliphatic rings. The Morgan fingerprint density at radius 2 is 1.72 bits per heavy atom. The van der Waals surface area contributed by atoms with Gasteiger partial charge in [-0.25, -0.2) is 0 Å². The van der Waals surface area contributed by atoms with E-state index < -0.39 is 0 Å². The Morgan fingerprint density at radius 1 is 1.11 bits per heavy atom. The largest absolute Gasteiger partial charge is 0.311 e. The van der Waals surface area contributed by atoms with Crippen molar-refractivity contribution in [2.75, 3.05) is 0 Å². The molecule has 0 bridgehead atoms. The lowest BCUT2D eigenvalue weighted by Gasteiger charge is -2.12. The zero-order chi connectivity index (χ0) is 13.3. The molecule has 3 nitrogen and oxygen atoms in total. The second-order valence-electron chi connectivity index (χ2n) is 4.59. The molecule has 0 aliphatic carbocycles. The fourth-order valence-corrected chi connectivity index (χ4v) is 2.90. The summed E-state index contributed by atoms with van der Waals surface area (Å²) in [6.07, 6.45) is 0. The van der Waals surface area contributed by atoms with E-state index in [9.17, 15) is 0 Å². The van der Waals surface area contributed by atoms with Crippen molar-refractivity contribution < 1.29 is 0 Å². The molecule has 18 heavy (non-hydrogen) atoms. The molecule has 1 aromatic heterocycles. The van der Waals surface area contributed by atoms with Gasteiger partial charge >= 0.3 is 0 Å². The number of hydrogen-bond acceptors (Lipinski definition) is 2. The Labute approximate surface area is 116 Å². The predicted octanol–water partition coefficient (Wildman–Crippen LogP) is 3.79. The summed E-state index contributed by atoms with van der Waals surface area (Å²) < 4.78 is 2.17. The normalized spacial score (nSPS) is 10.9. The van der Waals surface area contributed by atoms with Gasteiger partial charge in [-0.3, -0.25) is 0 Å². The molecule has 2 rings (SSSR count). The summed E-state index contributed by atoms with van der Waals surface area (Å²) >= 11 is 3.46. The summed E-state index contributed by atoms with van der Waals surface area (Å²) in [5.74, 6) is 1.95. The van der Waals surface area contributed by atoms with Crippen molar-refractivity contribution in [1.82, 2.24) is 14.8 Å². The van der Waals surface area contributed by atoms with Gasteiger partial charge in [0.05, 0.1) is 5.33 Å². The lowest BCUT2D eigenvalue weighted by molar-refractivity contribution is 0.733. The highest BCUT2D eigenvalue weighted by Gasteiger charge is 2.15. The third-order valence-corrected chi connectivity index (χ3v) is 3.67. The van der Waals surface area contributed by atoms with Crippen LogP contribution in [0.3, 0.4) is 0 Å². The average Bonchev–Trinajstić information content (AvgIpc) is 2.70. The molecule has 2 aromatic rings. The summed E-state index contributed by atoms with van der Waals surface area (Å²) in [7, 11) is 0. The molecule has 0 amide bonds. The SMILES string of the molecule is CCn1c(CBr)nnc1-c1c(C)cc(C)cc1C. The second kappa shape index (κ2) is 5.22. The number of benzene rings is 1. The maximum Gasteiger partial charge on any atom is 0.164 e. The monoisotopic (exact) mass is 307 g/mol. The lowest BCUT2D eigenvalue weighted by atomic mass is 9.99. The van der Waals surface area contributed by atoms with Crippen molar-refractivity contribution in [3.05, 3.63) is 34.6 Å². The van der Waals surface area contributed by atoms with Gasteiger partial charge in [0.1, 0.15) is 5.82 Å². The van der Waals surface area contributed by atoms with Crippen LogP contribution in [0.15, 0.2) is 12.1 Å². The molecular weight excluding hydrogens is 290 g/mol. The molecule has 0 N–H and O–H groups in total. The van der Waals surface area contributed by atoms with E-state index in [2.05, 4.69) is 70.5 Å². The van der Waals surface area contributed by atoms with Crippen molar-refractivity contribution in [2.45, 2.75) is 39.6 Å². The van der Waals surface area contributed by atoms with Crippen molar-refractivity contribution in [1.29, 1.82) is 0 Å². The molecule has 0 saturated carbocycles. The number of halogens is 1. The quantitative estimate of drug-likeness (QED) is 0.808. The van der Waals surface area contributed by atoms with Crippen molar-refractivity contribution in [2.24, 2.45) is 0 Å². The van der Waals surface area contributed by atoms with Crippen LogP contribution in [0.1, 0.15) is 29.4 Å². The van der Waals surface area contributed by atoms with E-state index in [1.54, 1.807) is 0 Å². The Bertz CT molecular complexity index is 549. The van der Waals surface area contributed by atoms with E-state index in [0.29, 0.717) is 0 Å². The van der Waals surface area contributed by atoms with Gasteiger partial charge in [0, 0.05) is 12.1 Å². The van der Waals surface area contributed by atoms with Crippen LogP contribution in [-0.4, -0.2) is 14.8 Å². The minimum Gasteiger partial charge on any atom is -0.311 e. The van der Waals surface area contributed by atoms with E-state index in [1.165, 1.54) is 22.3 Å². The van der Waals surface area contributed by atoms with Gasteiger partial charge in [-0.2, -0.15) is 0 Å². The van der Waals surface area contributed by atoms with E-state index in [0.717, 1.165) is 23.5 Å². The molecule has 0 atom stereocenters. The number of nitrogens with zero attached hydrogens (tertiary/aromatic N) is 3. The first-order valence-corrected chi connectivity index (χ1v) is 7.26. The first-order chi connectivity index (χ1) is 8.58. The fraction of sp³-hybridized carbons (Fsp3) is 0.429. The number of hydrogen-bond donors (Lipinski definition) is 0. The summed E-state index contributed by atoms with van der Waals surface area (Å²) in [6.45, 7) is 9.40. The number of alkyl halides is 1. The van der Waals surface area contributed by atoms with Gasteiger partial charge in [-0.15, -0.1) is 10.2 Å². The van der Waals surface area contributed by atoms with Crippen LogP contribution in [0, 0.1) is 20.8 Å². The van der Waals surface area contributed by atoms with Crippen LogP contribution >= 0.6 is 15.9 Å². The Kier molecular flexibility index (Phi) is 3.85. The first kappa shape index (κ1) is 13.3. The first-order valence-electron chi connectivity index (χ1n) is 6.14. The lowest BCUT2D eigenvalue weighted by Crippen LogP contribution is -2.04. The van der Waals surface area contributed by atoms with Gasteiger partial charge in [-0.1, -0.05) is 33.6 Å². The van der Waals surface area contributed by atoms with Crippen LogP contribution in [0.5, 0.6) is 0 Å². The highest BCUT2D eigenvalue weighted by atomic mass is 79.9. The highest BCUT2D eigenvalue weighted by molar-refractivity contribution is 9.08. The van der Waals surface area contributed by atoms with E-state index in [4.69, 9.17) is 0 Å². The van der Waals surface area contributed by atoms with Gasteiger partial charge in [0.25, 0.3) is 0 Å². The molecular formula is C14H18BrN3. The van der Waals surface area contributed by atoms with E-state index >= 15 is 0 Å². The van der Waals surface area contributed by atoms with Crippen LogP contribution < -0.4 is 0 Å². The van der Waals surface area contributed by atoms with Gasteiger partial charge in [0.15, 0.2) is 5.82 Å². The molecule has 4 heteroatoms. The Balaban J connectivity index is 2.66. The van der Waals surface area contributed by atoms with Crippen LogP contribution in [0.2, 0.25) is 0 Å². The summed E-state index contributed by atoms with van der Waals surface area (Å²) in [6, 6.07) is 4.40. The molecule has 1 aromatic carbocycles. The van der Waals surface area contributed by atoms with Gasteiger partial charge in [-0.05, 0) is 38.8 Å². The minimum absolute atomic E-state index is 0.734. The van der Waals surface area contributed by atoms with E-state index in [1.807, 2.05) is 0 Å². The fourth-order valence-electron chi connectivity index (χ4n) is 2.48. The highest BCUT2D eigenvalue weighted by Crippen LogP contribution is 2.27. The molecule has 0 saturated heterocycles. The van der Waals surface area contributed by atoms with Crippen molar-refractivity contribution in [3.8, 4) is 11.4 Å². The second-order valence-corrected chi connectivity index (χ2v) is 5.15. The van der Waals surface area contributed by atoms with E-state index in [-0.39, 0.29) is 0 Å². The zero-order valence-corrected chi connectivity index (χ0v) is 12.9. The molecule has 0 unspecified atom stereocenters. The molecule has 0 spiro atoms. The molecule has 96 valence electrons. The summed E-state index contributed by atoms with van der Waals surface area (Å²) in [4.78, 5) is 0. The Hall–Kier alpha value is -1.16. The minimum atomic E-state index is 0.734. The third kappa shape index (κ3) is 2.21. The zero-order valence-electron chi connectivity index (χ0n) is 11.3. The molecule has 0 aliphatic heterocycles. The molecule has 0 radical (unpaired) electrons. The Morgan fingerprint density at radius 3 is 2.22 bits per heavy atom. The van der Waals surface area contributed by atoms with Crippen LogP contribution in [-0.2, 0) is 11.9 Å².